The van der Waals surface area contributed by atoms with Crippen LogP contribution in [0, 0.1) is 0 Å². The molecular formula is C25H28N2O5. The van der Waals surface area contributed by atoms with Gasteiger partial charge in [0.1, 0.15) is 12.6 Å². The van der Waals surface area contributed by atoms with Crippen molar-refractivity contribution in [3.63, 3.8) is 0 Å². The van der Waals surface area contributed by atoms with Gasteiger partial charge < -0.3 is 20.5 Å². The summed E-state index contributed by atoms with van der Waals surface area (Å²) in [6, 6.07) is 15.3. The molecule has 3 rings (SSSR count). The maximum absolute atomic E-state index is 12.2. The number of carbonyl (C=O) groups excluding carboxylic acids is 2. The number of ether oxygens (including phenoxy) is 1. The van der Waals surface area contributed by atoms with Crippen LogP contribution in [-0.4, -0.2) is 42.3 Å². The fourth-order valence-corrected chi connectivity index (χ4v) is 3.85. The molecule has 0 heterocycles. The number of alkyl carbamates (subject to hydrolysis) is 1. The molecule has 7 nitrogen and oxygen atoms in total. The predicted octanol–water partition coefficient (Wildman–Crippen LogP) is 3.84. The molecule has 2 aromatic rings. The van der Waals surface area contributed by atoms with E-state index in [-0.39, 0.29) is 19.1 Å². The third kappa shape index (κ3) is 5.35. The normalized spacial score (nSPS) is 13.6. The van der Waals surface area contributed by atoms with E-state index >= 15 is 0 Å². The molecule has 0 bridgehead atoms. The van der Waals surface area contributed by atoms with E-state index in [2.05, 4.69) is 34.9 Å². The largest absolute Gasteiger partial charge is 0.480 e. The number of hydrogen-bond acceptors (Lipinski definition) is 4. The molecule has 168 valence electrons. The Morgan fingerprint density at radius 1 is 1.06 bits per heavy atom. The Morgan fingerprint density at radius 2 is 1.66 bits per heavy atom. The molecule has 1 aliphatic rings. The number of hydrogen-bond donors (Lipinski definition) is 3. The molecule has 0 radical (unpaired) electrons. The van der Waals surface area contributed by atoms with Gasteiger partial charge >= 0.3 is 12.1 Å². The molecule has 0 saturated carbocycles. The van der Waals surface area contributed by atoms with Gasteiger partial charge in [0.15, 0.2) is 0 Å². The second-order valence-corrected chi connectivity index (χ2v) is 7.75. The molecule has 0 spiro atoms. The van der Waals surface area contributed by atoms with Crippen molar-refractivity contribution >= 4 is 18.0 Å². The summed E-state index contributed by atoms with van der Waals surface area (Å²) in [5.41, 5.74) is 4.91. The summed E-state index contributed by atoms with van der Waals surface area (Å²) < 4.78 is 5.45. The smallest absolute Gasteiger partial charge is 0.407 e. The molecule has 0 saturated heterocycles. The lowest BCUT2D eigenvalue weighted by Gasteiger charge is -2.15. The maximum Gasteiger partial charge on any atom is 0.407 e. The molecule has 1 aliphatic carbocycles. The van der Waals surface area contributed by atoms with E-state index in [0.717, 1.165) is 22.3 Å². The number of rotatable bonds is 9. The summed E-state index contributed by atoms with van der Waals surface area (Å²) in [4.78, 5) is 35.5. The summed E-state index contributed by atoms with van der Waals surface area (Å²) in [7, 11) is 0. The van der Waals surface area contributed by atoms with Crippen LogP contribution in [0.25, 0.3) is 11.1 Å². The second kappa shape index (κ2) is 10.6. The number of carboxylic acids is 1. The van der Waals surface area contributed by atoms with E-state index in [1.54, 1.807) is 6.92 Å². The molecule has 1 atom stereocenters. The third-order valence-electron chi connectivity index (χ3n) is 5.54. The molecule has 3 N–H and O–H groups in total. The van der Waals surface area contributed by atoms with Crippen LogP contribution >= 0.6 is 0 Å². The van der Waals surface area contributed by atoms with Gasteiger partial charge in [-0.3, -0.25) is 4.79 Å². The van der Waals surface area contributed by atoms with Crippen LogP contribution in [0.15, 0.2) is 60.2 Å². The fraction of sp³-hybridized carbons (Fsp3) is 0.320. The van der Waals surface area contributed by atoms with Gasteiger partial charge in [-0.05, 0) is 35.6 Å². The van der Waals surface area contributed by atoms with Crippen molar-refractivity contribution in [2.24, 2.45) is 0 Å². The minimum Gasteiger partial charge on any atom is -0.480 e. The standard InChI is InChI=1S/C25H28N2O5/c1-3-8-22(24(29)30)27-23(28)16(2)13-14-26-25(31)32-15-21-19-11-6-4-9-17(19)18-10-5-7-12-20(18)21/h4-7,9-13,21-22H,3,8,14-15H2,1-2H3,(H,26,31)(H,27,28)(H,29,30)/b16-13+/t22-/m0/s1. The summed E-state index contributed by atoms with van der Waals surface area (Å²) >= 11 is 0. The average Bonchev–Trinajstić information content (AvgIpc) is 3.11. The second-order valence-electron chi connectivity index (χ2n) is 7.75. The van der Waals surface area contributed by atoms with Crippen LogP contribution in [0.3, 0.4) is 0 Å². The van der Waals surface area contributed by atoms with Crippen molar-refractivity contribution in [3.05, 3.63) is 71.3 Å². The first kappa shape index (κ1) is 23.1. The molecule has 2 aromatic carbocycles. The summed E-state index contributed by atoms with van der Waals surface area (Å²) in [6.45, 7) is 3.73. The maximum atomic E-state index is 12.2. The zero-order chi connectivity index (χ0) is 23.1. The van der Waals surface area contributed by atoms with Crippen molar-refractivity contribution in [1.29, 1.82) is 0 Å². The topological polar surface area (TPSA) is 105 Å². The number of carbonyl (C=O) groups is 3. The molecule has 2 amide bonds. The lowest BCUT2D eigenvalue weighted by Crippen LogP contribution is -2.41. The number of benzene rings is 2. The zero-order valence-electron chi connectivity index (χ0n) is 18.3. The van der Waals surface area contributed by atoms with Crippen LogP contribution in [0.5, 0.6) is 0 Å². The van der Waals surface area contributed by atoms with Crippen molar-refractivity contribution in [2.45, 2.75) is 38.6 Å². The summed E-state index contributed by atoms with van der Waals surface area (Å²) in [5, 5.41) is 14.2. The highest BCUT2D eigenvalue weighted by Crippen LogP contribution is 2.44. The first-order valence-corrected chi connectivity index (χ1v) is 10.7. The first-order valence-electron chi connectivity index (χ1n) is 10.7. The van der Waals surface area contributed by atoms with Gasteiger partial charge in [-0.1, -0.05) is 68.0 Å². The number of aliphatic carboxylic acids is 1. The molecular weight excluding hydrogens is 408 g/mol. The van der Waals surface area contributed by atoms with Crippen LogP contribution in [-0.2, 0) is 14.3 Å². The minimum atomic E-state index is -1.07. The van der Waals surface area contributed by atoms with Crippen LogP contribution in [0.4, 0.5) is 4.79 Å². The number of fused-ring (bicyclic) bond motifs is 3. The number of amides is 2. The van der Waals surface area contributed by atoms with Crippen LogP contribution < -0.4 is 10.6 Å². The van der Waals surface area contributed by atoms with Gasteiger partial charge in [-0.25, -0.2) is 9.59 Å². The van der Waals surface area contributed by atoms with Crippen molar-refractivity contribution in [1.82, 2.24) is 10.6 Å². The highest BCUT2D eigenvalue weighted by molar-refractivity contribution is 5.95. The van der Waals surface area contributed by atoms with Crippen molar-refractivity contribution < 1.29 is 24.2 Å². The van der Waals surface area contributed by atoms with E-state index in [1.807, 2.05) is 31.2 Å². The Balaban J connectivity index is 1.52. The predicted molar refractivity (Wildman–Crippen MR) is 121 cm³/mol. The first-order chi connectivity index (χ1) is 15.4. The van der Waals surface area contributed by atoms with Gasteiger partial charge in [0.25, 0.3) is 0 Å². The van der Waals surface area contributed by atoms with E-state index < -0.39 is 24.0 Å². The van der Waals surface area contributed by atoms with Gasteiger partial charge in [0, 0.05) is 18.0 Å². The Morgan fingerprint density at radius 3 is 2.22 bits per heavy atom. The Bertz CT molecular complexity index is 985. The van der Waals surface area contributed by atoms with Gasteiger partial charge in [0.2, 0.25) is 5.91 Å². The van der Waals surface area contributed by atoms with E-state index in [9.17, 15) is 14.4 Å². The molecule has 0 unspecified atom stereocenters. The van der Waals surface area contributed by atoms with Crippen LogP contribution in [0.1, 0.15) is 43.7 Å². The highest BCUT2D eigenvalue weighted by atomic mass is 16.5. The SMILES string of the molecule is CCC[C@H](NC(=O)/C(C)=C/CNC(=O)OCC1c2ccccc2-c2ccccc21)C(=O)O. The number of nitrogens with one attached hydrogen (secondary N) is 2. The highest BCUT2D eigenvalue weighted by Gasteiger charge is 2.29. The van der Waals surface area contributed by atoms with Crippen molar-refractivity contribution in [3.8, 4) is 11.1 Å². The van der Waals surface area contributed by atoms with Crippen LogP contribution in [0.2, 0.25) is 0 Å². The zero-order valence-corrected chi connectivity index (χ0v) is 18.3. The van der Waals surface area contributed by atoms with Crippen molar-refractivity contribution in [2.75, 3.05) is 13.2 Å². The monoisotopic (exact) mass is 436 g/mol. The van der Waals surface area contributed by atoms with E-state index in [1.165, 1.54) is 6.08 Å². The average molecular weight is 437 g/mol. The summed E-state index contributed by atoms with van der Waals surface area (Å²) in [5.74, 6) is -1.56. The molecule has 0 aliphatic heterocycles. The Hall–Kier alpha value is -3.61. The molecule has 32 heavy (non-hydrogen) atoms. The van der Waals surface area contributed by atoms with E-state index in [0.29, 0.717) is 18.4 Å². The molecule has 0 fully saturated rings. The quantitative estimate of drug-likeness (QED) is 0.518. The van der Waals surface area contributed by atoms with Gasteiger partial charge in [-0.2, -0.15) is 0 Å². The molecule has 0 aromatic heterocycles. The lowest BCUT2D eigenvalue weighted by molar-refractivity contribution is -0.141. The fourth-order valence-electron chi connectivity index (χ4n) is 3.85. The minimum absolute atomic E-state index is 0.0253. The number of carboxylic acid groups (broad SMARTS) is 1. The summed E-state index contributed by atoms with van der Waals surface area (Å²) in [6.07, 6.45) is 1.95. The van der Waals surface area contributed by atoms with Gasteiger partial charge in [-0.15, -0.1) is 0 Å². The third-order valence-corrected chi connectivity index (χ3v) is 5.54. The lowest BCUT2D eigenvalue weighted by atomic mass is 9.98. The molecule has 7 heteroatoms. The van der Waals surface area contributed by atoms with Gasteiger partial charge in [0.05, 0.1) is 0 Å². The Labute approximate surface area is 187 Å². The Kier molecular flexibility index (Phi) is 7.65. The van der Waals surface area contributed by atoms with E-state index in [4.69, 9.17) is 9.84 Å².